The minimum atomic E-state index is 0.471. The number of nitrogens with one attached hydrogen (secondary N) is 1. The summed E-state index contributed by atoms with van der Waals surface area (Å²) in [4.78, 5) is 4.02. The van der Waals surface area contributed by atoms with Gasteiger partial charge in [-0.3, -0.25) is 0 Å². The molecule has 0 saturated heterocycles. The van der Waals surface area contributed by atoms with Crippen molar-refractivity contribution < 1.29 is 4.74 Å². The second-order valence-corrected chi connectivity index (χ2v) is 4.16. The first-order chi connectivity index (χ1) is 10.0. The van der Waals surface area contributed by atoms with E-state index in [2.05, 4.69) is 23.5 Å². The average molecular weight is 289 g/mol. The number of allylic oxidation sites excluding steroid dienone is 2. The SMILES string of the molecule is C=C(C)/C=C(/CNc1cccnc1N)C(=C)OCC.CC. The first-order valence-electron chi connectivity index (χ1n) is 7.17. The minimum Gasteiger partial charge on any atom is -0.494 e. The lowest BCUT2D eigenvalue weighted by Crippen LogP contribution is -2.10. The van der Waals surface area contributed by atoms with Gasteiger partial charge >= 0.3 is 0 Å². The van der Waals surface area contributed by atoms with E-state index in [0.29, 0.717) is 24.7 Å². The average Bonchev–Trinajstić information content (AvgIpc) is 2.47. The van der Waals surface area contributed by atoms with Crippen molar-refractivity contribution in [3.8, 4) is 0 Å². The Labute approximate surface area is 128 Å². The van der Waals surface area contributed by atoms with Crippen LogP contribution in [0.5, 0.6) is 0 Å². The normalized spacial score (nSPS) is 10.2. The van der Waals surface area contributed by atoms with Crippen molar-refractivity contribution in [2.45, 2.75) is 27.7 Å². The quantitative estimate of drug-likeness (QED) is 0.584. The maximum atomic E-state index is 5.78. The van der Waals surface area contributed by atoms with Gasteiger partial charge in [0.15, 0.2) is 0 Å². The second kappa shape index (κ2) is 10.5. The molecule has 1 heterocycles. The standard InChI is InChI=1S/C15H21N3O.C2H6/c1-5-19-12(4)13(9-11(2)3)10-18-14-7-6-8-17-15(14)16;1-2/h6-9,18H,2,4-5,10H2,1,3H3,(H2,16,17);1-2H3/b13-9-;. The van der Waals surface area contributed by atoms with Crippen LogP contribution < -0.4 is 11.1 Å². The lowest BCUT2D eigenvalue weighted by atomic mass is 10.1. The van der Waals surface area contributed by atoms with Crippen LogP contribution in [0.3, 0.4) is 0 Å². The van der Waals surface area contributed by atoms with Gasteiger partial charge in [0.1, 0.15) is 11.6 Å². The van der Waals surface area contributed by atoms with Gasteiger partial charge in [0.25, 0.3) is 0 Å². The summed E-state index contributed by atoms with van der Waals surface area (Å²) in [5.41, 5.74) is 8.45. The Morgan fingerprint density at radius 1 is 1.43 bits per heavy atom. The Morgan fingerprint density at radius 2 is 2.10 bits per heavy atom. The highest BCUT2D eigenvalue weighted by Gasteiger charge is 2.05. The Kier molecular flexibility index (Phi) is 9.43. The number of aromatic nitrogens is 1. The van der Waals surface area contributed by atoms with Crippen molar-refractivity contribution in [3.63, 3.8) is 0 Å². The molecule has 4 heteroatoms. The zero-order valence-electron chi connectivity index (χ0n) is 13.6. The van der Waals surface area contributed by atoms with Crippen LogP contribution in [0.4, 0.5) is 11.5 Å². The van der Waals surface area contributed by atoms with Crippen molar-refractivity contribution in [3.05, 3.63) is 54.5 Å². The summed E-state index contributed by atoms with van der Waals surface area (Å²) in [6.07, 6.45) is 3.60. The third-order valence-corrected chi connectivity index (χ3v) is 2.41. The zero-order chi connectivity index (χ0) is 16.3. The summed E-state index contributed by atoms with van der Waals surface area (Å²) < 4.78 is 5.43. The molecule has 0 fully saturated rings. The smallest absolute Gasteiger partial charge is 0.146 e. The molecule has 0 radical (unpaired) electrons. The molecule has 3 N–H and O–H groups in total. The van der Waals surface area contributed by atoms with Gasteiger partial charge in [-0.1, -0.05) is 38.7 Å². The summed E-state index contributed by atoms with van der Waals surface area (Å²) >= 11 is 0. The van der Waals surface area contributed by atoms with E-state index in [0.717, 1.165) is 16.8 Å². The summed E-state index contributed by atoms with van der Waals surface area (Å²) in [7, 11) is 0. The highest BCUT2D eigenvalue weighted by Crippen LogP contribution is 2.17. The van der Waals surface area contributed by atoms with Gasteiger partial charge in [-0.25, -0.2) is 4.98 Å². The molecule has 0 bridgehead atoms. The zero-order valence-corrected chi connectivity index (χ0v) is 13.6. The maximum Gasteiger partial charge on any atom is 0.146 e. The van der Waals surface area contributed by atoms with E-state index in [1.165, 1.54) is 0 Å². The summed E-state index contributed by atoms with van der Waals surface area (Å²) in [5.74, 6) is 1.11. The number of hydrogen-bond donors (Lipinski definition) is 2. The number of rotatable bonds is 7. The molecule has 0 aliphatic rings. The molecule has 1 aromatic heterocycles. The van der Waals surface area contributed by atoms with Crippen LogP contribution in [0.2, 0.25) is 0 Å². The largest absolute Gasteiger partial charge is 0.494 e. The number of nitrogens with zero attached hydrogens (tertiary/aromatic N) is 1. The molecule has 0 atom stereocenters. The van der Waals surface area contributed by atoms with Gasteiger partial charge in [0.2, 0.25) is 0 Å². The Balaban J connectivity index is 0.00000191. The fourth-order valence-corrected chi connectivity index (χ4v) is 1.55. The summed E-state index contributed by atoms with van der Waals surface area (Å²) in [5, 5.41) is 3.22. The van der Waals surface area contributed by atoms with E-state index in [4.69, 9.17) is 10.5 Å². The molecular formula is C17H27N3O. The van der Waals surface area contributed by atoms with Crippen LogP contribution in [0, 0.1) is 0 Å². The Hall–Kier alpha value is -2.23. The topological polar surface area (TPSA) is 60.2 Å². The molecule has 0 spiro atoms. The molecule has 21 heavy (non-hydrogen) atoms. The van der Waals surface area contributed by atoms with Gasteiger partial charge in [0.05, 0.1) is 12.3 Å². The number of anilines is 2. The third kappa shape index (κ3) is 7.20. The van der Waals surface area contributed by atoms with Crippen molar-refractivity contribution in [1.29, 1.82) is 0 Å². The van der Waals surface area contributed by atoms with Gasteiger partial charge in [-0.05, 0) is 26.0 Å². The molecule has 0 saturated carbocycles. The predicted molar refractivity (Wildman–Crippen MR) is 92.2 cm³/mol. The molecule has 0 aliphatic heterocycles. The van der Waals surface area contributed by atoms with Crippen LogP contribution in [-0.4, -0.2) is 18.1 Å². The van der Waals surface area contributed by atoms with Crippen LogP contribution in [0.25, 0.3) is 0 Å². The summed E-state index contributed by atoms with van der Waals surface area (Å²) in [6, 6.07) is 3.71. The van der Waals surface area contributed by atoms with E-state index in [1.54, 1.807) is 6.20 Å². The minimum absolute atomic E-state index is 0.471. The van der Waals surface area contributed by atoms with Crippen LogP contribution in [0.15, 0.2) is 54.5 Å². The van der Waals surface area contributed by atoms with E-state index in [9.17, 15) is 0 Å². The fraction of sp³-hybridized carbons (Fsp3) is 0.353. The van der Waals surface area contributed by atoms with Gasteiger partial charge < -0.3 is 15.8 Å². The second-order valence-electron chi connectivity index (χ2n) is 4.16. The van der Waals surface area contributed by atoms with E-state index in [-0.39, 0.29) is 0 Å². The lowest BCUT2D eigenvalue weighted by molar-refractivity contribution is 0.239. The van der Waals surface area contributed by atoms with E-state index < -0.39 is 0 Å². The molecule has 1 aromatic rings. The number of hydrogen-bond acceptors (Lipinski definition) is 4. The molecule has 116 valence electrons. The number of nitrogen functional groups attached to an aromatic ring is 1. The van der Waals surface area contributed by atoms with E-state index in [1.807, 2.05) is 45.9 Å². The molecule has 1 rings (SSSR count). The molecule has 0 unspecified atom stereocenters. The Bertz CT molecular complexity index is 493. The van der Waals surface area contributed by atoms with E-state index >= 15 is 0 Å². The third-order valence-electron chi connectivity index (χ3n) is 2.41. The Morgan fingerprint density at radius 3 is 2.62 bits per heavy atom. The highest BCUT2D eigenvalue weighted by atomic mass is 16.5. The van der Waals surface area contributed by atoms with Crippen LogP contribution in [0.1, 0.15) is 27.7 Å². The van der Waals surface area contributed by atoms with Crippen LogP contribution >= 0.6 is 0 Å². The maximum absolute atomic E-state index is 5.78. The fourth-order valence-electron chi connectivity index (χ4n) is 1.55. The van der Waals surface area contributed by atoms with Crippen molar-refractivity contribution in [1.82, 2.24) is 4.98 Å². The number of ether oxygens (including phenoxy) is 1. The number of pyridine rings is 1. The molecule has 0 aromatic carbocycles. The van der Waals surface area contributed by atoms with Gasteiger partial charge in [-0.2, -0.15) is 0 Å². The lowest BCUT2D eigenvalue weighted by Gasteiger charge is -2.14. The van der Waals surface area contributed by atoms with Crippen molar-refractivity contribution in [2.24, 2.45) is 0 Å². The molecular weight excluding hydrogens is 262 g/mol. The highest BCUT2D eigenvalue weighted by molar-refractivity contribution is 5.61. The van der Waals surface area contributed by atoms with Gasteiger partial charge in [-0.15, -0.1) is 0 Å². The molecule has 4 nitrogen and oxygen atoms in total. The first kappa shape index (κ1) is 18.8. The van der Waals surface area contributed by atoms with Crippen molar-refractivity contribution in [2.75, 3.05) is 24.2 Å². The van der Waals surface area contributed by atoms with Crippen LogP contribution in [-0.2, 0) is 4.74 Å². The predicted octanol–water partition coefficient (Wildman–Crippen LogP) is 4.15. The molecule has 0 amide bonds. The monoisotopic (exact) mass is 289 g/mol. The van der Waals surface area contributed by atoms with Gasteiger partial charge in [0, 0.05) is 18.3 Å². The van der Waals surface area contributed by atoms with Crippen molar-refractivity contribution >= 4 is 11.5 Å². The summed E-state index contributed by atoms with van der Waals surface area (Å²) in [6.45, 7) is 16.8. The number of nitrogens with two attached hydrogens (primary N) is 1. The first-order valence-corrected chi connectivity index (χ1v) is 7.17. The molecule has 0 aliphatic carbocycles.